The molecular weight excluding hydrogens is 293 g/mol. The van der Waals surface area contributed by atoms with Gasteiger partial charge in [-0.15, -0.1) is 25.6 Å². The van der Waals surface area contributed by atoms with E-state index < -0.39 is 6.36 Å². The Balaban J connectivity index is 0.00000200. The number of alkyl halides is 3. The number of piperazine rings is 1. The Bertz CT molecular complexity index is 405. The van der Waals surface area contributed by atoms with Gasteiger partial charge in [-0.3, -0.25) is 4.90 Å². The van der Waals surface area contributed by atoms with Gasteiger partial charge in [0.15, 0.2) is 0 Å². The molecule has 0 radical (unpaired) electrons. The van der Waals surface area contributed by atoms with E-state index >= 15 is 0 Å². The molecule has 7 heteroatoms. The third kappa shape index (κ3) is 4.85. The molecule has 0 bridgehead atoms. The fraction of sp³-hybridized carbons (Fsp3) is 0.538. The maximum Gasteiger partial charge on any atom is 0.573 e. The quantitative estimate of drug-likeness (QED) is 0.929. The molecule has 1 aliphatic heterocycles. The average molecular weight is 311 g/mol. The number of hydrogen-bond donors (Lipinski definition) is 1. The van der Waals surface area contributed by atoms with Crippen molar-refractivity contribution < 1.29 is 17.9 Å². The summed E-state index contributed by atoms with van der Waals surface area (Å²) in [4.78, 5) is 2.30. The lowest BCUT2D eigenvalue weighted by Crippen LogP contribution is -2.44. The summed E-state index contributed by atoms with van der Waals surface area (Å²) < 4.78 is 40.0. The fourth-order valence-electron chi connectivity index (χ4n) is 2.23. The highest BCUT2D eigenvalue weighted by molar-refractivity contribution is 5.85. The second kappa shape index (κ2) is 7.15. The number of ether oxygens (including phenoxy) is 1. The van der Waals surface area contributed by atoms with Crippen molar-refractivity contribution in [1.82, 2.24) is 10.2 Å². The zero-order chi connectivity index (χ0) is 13.9. The molecule has 1 heterocycles. The van der Waals surface area contributed by atoms with E-state index in [1.165, 1.54) is 12.1 Å². The lowest BCUT2D eigenvalue weighted by Gasteiger charge is -2.33. The molecule has 0 aromatic heterocycles. The van der Waals surface area contributed by atoms with Gasteiger partial charge in [-0.2, -0.15) is 0 Å². The van der Waals surface area contributed by atoms with Crippen molar-refractivity contribution in [3.8, 4) is 5.75 Å². The van der Waals surface area contributed by atoms with Crippen LogP contribution in [-0.4, -0.2) is 37.4 Å². The van der Waals surface area contributed by atoms with Crippen LogP contribution in [0.5, 0.6) is 5.75 Å². The molecule has 114 valence electrons. The Morgan fingerprint density at radius 3 is 2.20 bits per heavy atom. The maximum atomic E-state index is 12.1. The van der Waals surface area contributed by atoms with Gasteiger partial charge in [-0.25, -0.2) is 0 Å². The fourth-order valence-corrected chi connectivity index (χ4v) is 2.23. The molecule has 2 rings (SSSR count). The summed E-state index contributed by atoms with van der Waals surface area (Å²) in [6.45, 7) is 5.84. The summed E-state index contributed by atoms with van der Waals surface area (Å²) in [5.41, 5.74) is 0.997. The van der Waals surface area contributed by atoms with Crippen LogP contribution >= 0.6 is 12.4 Å². The number of hydrogen-bond acceptors (Lipinski definition) is 3. The van der Waals surface area contributed by atoms with Crippen LogP contribution in [0.3, 0.4) is 0 Å². The highest BCUT2D eigenvalue weighted by atomic mass is 35.5. The highest BCUT2D eigenvalue weighted by Crippen LogP contribution is 2.26. The lowest BCUT2D eigenvalue weighted by molar-refractivity contribution is -0.274. The van der Waals surface area contributed by atoms with Gasteiger partial charge in [0.2, 0.25) is 0 Å². The first-order valence-corrected chi connectivity index (χ1v) is 6.26. The molecule has 1 aromatic carbocycles. The SMILES string of the molecule is C[C@H](c1ccc(OC(F)(F)F)cc1)N1CCNCC1.Cl. The van der Waals surface area contributed by atoms with Gasteiger partial charge in [0.05, 0.1) is 0 Å². The first-order chi connectivity index (χ1) is 8.96. The molecule has 0 aliphatic carbocycles. The molecule has 1 aromatic rings. The number of nitrogens with one attached hydrogen (secondary N) is 1. The molecule has 1 atom stereocenters. The third-order valence-electron chi connectivity index (χ3n) is 3.30. The van der Waals surface area contributed by atoms with Crippen LogP contribution in [0.1, 0.15) is 18.5 Å². The van der Waals surface area contributed by atoms with Crippen LogP contribution in [-0.2, 0) is 0 Å². The first-order valence-electron chi connectivity index (χ1n) is 6.26. The summed E-state index contributed by atoms with van der Waals surface area (Å²) in [5, 5.41) is 3.27. The molecule has 1 N–H and O–H groups in total. The molecule has 1 fully saturated rings. The van der Waals surface area contributed by atoms with Crippen molar-refractivity contribution in [2.45, 2.75) is 19.3 Å². The normalized spacial score (nSPS) is 18.2. The average Bonchev–Trinajstić information content (AvgIpc) is 2.38. The van der Waals surface area contributed by atoms with Crippen molar-refractivity contribution in [2.75, 3.05) is 26.2 Å². The largest absolute Gasteiger partial charge is 0.573 e. The Kier molecular flexibility index (Phi) is 6.10. The summed E-state index contributed by atoms with van der Waals surface area (Å²) in [6, 6.07) is 6.30. The van der Waals surface area contributed by atoms with E-state index in [0.717, 1.165) is 31.7 Å². The lowest BCUT2D eigenvalue weighted by atomic mass is 10.1. The Morgan fingerprint density at radius 2 is 1.70 bits per heavy atom. The minimum Gasteiger partial charge on any atom is -0.406 e. The standard InChI is InChI=1S/C13H17F3N2O.ClH/c1-10(18-8-6-17-7-9-18)11-2-4-12(5-3-11)19-13(14,15)16;/h2-5,10,17H,6-9H2,1H3;1H/t10-;/m1./s1. The Morgan fingerprint density at radius 1 is 1.15 bits per heavy atom. The van der Waals surface area contributed by atoms with Crippen molar-refractivity contribution in [3.63, 3.8) is 0 Å². The van der Waals surface area contributed by atoms with Gasteiger partial charge in [0, 0.05) is 32.2 Å². The first kappa shape index (κ1) is 17.1. The third-order valence-corrected chi connectivity index (χ3v) is 3.30. The van der Waals surface area contributed by atoms with Crippen molar-refractivity contribution in [3.05, 3.63) is 29.8 Å². The minimum absolute atomic E-state index is 0. The molecule has 0 spiro atoms. The number of benzene rings is 1. The summed E-state index contributed by atoms with van der Waals surface area (Å²) in [7, 11) is 0. The van der Waals surface area contributed by atoms with Gasteiger partial charge >= 0.3 is 6.36 Å². The van der Waals surface area contributed by atoms with Crippen LogP contribution in [0.15, 0.2) is 24.3 Å². The summed E-state index contributed by atoms with van der Waals surface area (Å²) in [6.07, 6.45) is -4.63. The van der Waals surface area contributed by atoms with Crippen LogP contribution in [0, 0.1) is 0 Å². The zero-order valence-corrected chi connectivity index (χ0v) is 11.9. The Hall–Kier alpha value is -0.980. The molecule has 20 heavy (non-hydrogen) atoms. The van der Waals surface area contributed by atoms with Crippen LogP contribution in [0.2, 0.25) is 0 Å². The van der Waals surface area contributed by atoms with E-state index in [2.05, 4.69) is 21.9 Å². The molecular formula is C13H18ClF3N2O. The molecule has 1 saturated heterocycles. The van der Waals surface area contributed by atoms with Crippen LogP contribution < -0.4 is 10.1 Å². The van der Waals surface area contributed by atoms with Crippen LogP contribution in [0.4, 0.5) is 13.2 Å². The zero-order valence-electron chi connectivity index (χ0n) is 11.1. The number of halogens is 4. The van der Waals surface area contributed by atoms with E-state index in [1.807, 2.05) is 0 Å². The number of nitrogens with zero attached hydrogens (tertiary/aromatic N) is 1. The topological polar surface area (TPSA) is 24.5 Å². The Labute approximate surface area is 122 Å². The predicted octanol–water partition coefficient (Wildman–Crippen LogP) is 2.97. The van der Waals surface area contributed by atoms with Gasteiger partial charge in [0.1, 0.15) is 5.75 Å². The van der Waals surface area contributed by atoms with Crippen LogP contribution in [0.25, 0.3) is 0 Å². The second-order valence-corrected chi connectivity index (χ2v) is 4.58. The van der Waals surface area contributed by atoms with Gasteiger partial charge in [-0.05, 0) is 24.6 Å². The highest BCUT2D eigenvalue weighted by Gasteiger charge is 2.31. The monoisotopic (exact) mass is 310 g/mol. The summed E-state index contributed by atoms with van der Waals surface area (Å²) >= 11 is 0. The van der Waals surface area contributed by atoms with E-state index in [9.17, 15) is 13.2 Å². The smallest absolute Gasteiger partial charge is 0.406 e. The van der Waals surface area contributed by atoms with Gasteiger partial charge in [-0.1, -0.05) is 12.1 Å². The molecule has 0 saturated carbocycles. The van der Waals surface area contributed by atoms with E-state index in [1.54, 1.807) is 12.1 Å². The predicted molar refractivity (Wildman–Crippen MR) is 73.2 cm³/mol. The molecule has 0 unspecified atom stereocenters. The van der Waals surface area contributed by atoms with Crippen molar-refractivity contribution in [2.24, 2.45) is 0 Å². The molecule has 3 nitrogen and oxygen atoms in total. The van der Waals surface area contributed by atoms with E-state index in [0.29, 0.717) is 0 Å². The number of rotatable bonds is 3. The second-order valence-electron chi connectivity index (χ2n) is 4.58. The van der Waals surface area contributed by atoms with Gasteiger partial charge in [0.25, 0.3) is 0 Å². The van der Waals surface area contributed by atoms with Crippen molar-refractivity contribution >= 4 is 12.4 Å². The minimum atomic E-state index is -4.63. The van der Waals surface area contributed by atoms with E-state index in [4.69, 9.17) is 0 Å². The van der Waals surface area contributed by atoms with Crippen molar-refractivity contribution in [1.29, 1.82) is 0 Å². The molecule has 1 aliphatic rings. The molecule has 0 amide bonds. The maximum absolute atomic E-state index is 12.1. The van der Waals surface area contributed by atoms with Gasteiger partial charge < -0.3 is 10.1 Å². The summed E-state index contributed by atoms with van der Waals surface area (Å²) in [5.74, 6) is -0.177. The van der Waals surface area contributed by atoms with E-state index in [-0.39, 0.29) is 24.2 Å².